The fraction of sp³-hybridized carbons (Fsp3) is 0.500. The Morgan fingerprint density at radius 1 is 1.41 bits per heavy atom. The third-order valence-electron chi connectivity index (χ3n) is 3.31. The summed E-state index contributed by atoms with van der Waals surface area (Å²) in [4.78, 5) is 12.1. The van der Waals surface area contributed by atoms with Gasteiger partial charge in [0, 0.05) is 6.04 Å². The molecular weight excluding hydrogens is 214 g/mol. The van der Waals surface area contributed by atoms with Crippen LogP contribution in [0.2, 0.25) is 0 Å². The van der Waals surface area contributed by atoms with E-state index in [1.165, 1.54) is 12.8 Å². The largest absolute Gasteiger partial charge is 0.496 e. The number of nitrogens with one attached hydrogen (secondary N) is 1. The summed E-state index contributed by atoms with van der Waals surface area (Å²) in [5.74, 6) is 0.824. The van der Waals surface area contributed by atoms with E-state index in [0.29, 0.717) is 23.9 Å². The van der Waals surface area contributed by atoms with Crippen LogP contribution in [0.3, 0.4) is 0 Å². The Morgan fingerprint density at radius 2 is 2.12 bits per heavy atom. The Kier molecular flexibility index (Phi) is 3.48. The molecule has 0 aromatic heterocycles. The minimum Gasteiger partial charge on any atom is -0.496 e. The molecule has 1 aromatic carbocycles. The first kappa shape index (κ1) is 12.1. The molecule has 3 nitrogen and oxygen atoms in total. The minimum absolute atomic E-state index is 0.108. The number of aryl methyl sites for hydroxylation is 1. The average molecular weight is 233 g/mol. The highest BCUT2D eigenvalue weighted by Crippen LogP contribution is 2.26. The Morgan fingerprint density at radius 3 is 2.71 bits per heavy atom. The lowest BCUT2D eigenvalue weighted by Gasteiger charge is -2.12. The highest BCUT2D eigenvalue weighted by atomic mass is 16.5. The van der Waals surface area contributed by atoms with E-state index in [-0.39, 0.29) is 5.78 Å². The third-order valence-corrected chi connectivity index (χ3v) is 3.31. The van der Waals surface area contributed by atoms with E-state index in [0.717, 1.165) is 11.1 Å². The van der Waals surface area contributed by atoms with Gasteiger partial charge in [-0.05, 0) is 43.9 Å². The topological polar surface area (TPSA) is 38.3 Å². The van der Waals surface area contributed by atoms with E-state index in [1.807, 2.05) is 26.0 Å². The molecule has 0 heterocycles. The first-order valence-corrected chi connectivity index (χ1v) is 6.04. The zero-order chi connectivity index (χ0) is 12.4. The quantitative estimate of drug-likeness (QED) is 0.793. The number of rotatable bonds is 5. The zero-order valence-corrected chi connectivity index (χ0v) is 10.7. The fourth-order valence-electron chi connectivity index (χ4n) is 1.89. The summed E-state index contributed by atoms with van der Waals surface area (Å²) in [7, 11) is 1.62. The molecule has 0 spiro atoms. The zero-order valence-electron chi connectivity index (χ0n) is 10.7. The summed E-state index contributed by atoms with van der Waals surface area (Å²) < 4.78 is 5.35. The number of ketones is 1. The molecule has 0 amide bonds. The lowest BCUT2D eigenvalue weighted by Crippen LogP contribution is -2.25. The van der Waals surface area contributed by atoms with Crippen LogP contribution < -0.4 is 10.1 Å². The molecule has 3 heteroatoms. The van der Waals surface area contributed by atoms with Crippen LogP contribution >= 0.6 is 0 Å². The Hall–Kier alpha value is -1.35. The van der Waals surface area contributed by atoms with Gasteiger partial charge in [-0.3, -0.25) is 4.79 Å². The molecule has 1 fully saturated rings. The van der Waals surface area contributed by atoms with E-state index in [1.54, 1.807) is 7.11 Å². The van der Waals surface area contributed by atoms with E-state index in [4.69, 9.17) is 4.74 Å². The molecule has 2 rings (SSSR count). The summed E-state index contributed by atoms with van der Waals surface area (Å²) >= 11 is 0. The molecule has 0 radical (unpaired) electrons. The summed E-state index contributed by atoms with van der Waals surface area (Å²) in [5.41, 5.74) is 2.88. The van der Waals surface area contributed by atoms with Crippen molar-refractivity contribution in [2.45, 2.75) is 32.7 Å². The van der Waals surface area contributed by atoms with Gasteiger partial charge in [-0.25, -0.2) is 0 Å². The molecule has 0 saturated heterocycles. The molecule has 0 unspecified atom stereocenters. The number of hydrogen-bond acceptors (Lipinski definition) is 3. The maximum atomic E-state index is 12.1. The number of methoxy groups -OCH3 is 1. The van der Waals surface area contributed by atoms with Gasteiger partial charge >= 0.3 is 0 Å². The van der Waals surface area contributed by atoms with Crippen LogP contribution in [0.15, 0.2) is 12.1 Å². The predicted octanol–water partition coefficient (Wildman–Crippen LogP) is 2.25. The van der Waals surface area contributed by atoms with Gasteiger partial charge in [-0.2, -0.15) is 0 Å². The second kappa shape index (κ2) is 4.88. The normalized spacial score (nSPS) is 14.8. The fourth-order valence-corrected chi connectivity index (χ4v) is 1.89. The molecule has 0 atom stereocenters. The van der Waals surface area contributed by atoms with Crippen LogP contribution in [-0.4, -0.2) is 25.5 Å². The van der Waals surface area contributed by atoms with Crippen molar-refractivity contribution < 1.29 is 9.53 Å². The summed E-state index contributed by atoms with van der Waals surface area (Å²) in [6, 6.07) is 4.39. The number of carbonyl (C=O) groups is 1. The smallest absolute Gasteiger partial charge is 0.180 e. The Bertz CT molecular complexity index is 436. The molecule has 0 aliphatic heterocycles. The second-order valence-corrected chi connectivity index (χ2v) is 4.67. The molecular formula is C14H19NO2. The summed E-state index contributed by atoms with van der Waals surface area (Å²) in [6.07, 6.45) is 2.38. The molecule has 1 aliphatic rings. The van der Waals surface area contributed by atoms with Gasteiger partial charge in [-0.1, -0.05) is 6.07 Å². The predicted molar refractivity (Wildman–Crippen MR) is 67.8 cm³/mol. The highest BCUT2D eigenvalue weighted by Gasteiger charge is 2.22. The molecule has 92 valence electrons. The van der Waals surface area contributed by atoms with Crippen molar-refractivity contribution >= 4 is 5.78 Å². The van der Waals surface area contributed by atoms with Crippen LogP contribution in [0.25, 0.3) is 0 Å². The maximum absolute atomic E-state index is 12.1. The maximum Gasteiger partial charge on any atom is 0.180 e. The van der Waals surface area contributed by atoms with Crippen LogP contribution in [0.4, 0.5) is 0 Å². The molecule has 17 heavy (non-hydrogen) atoms. The van der Waals surface area contributed by atoms with Crippen molar-refractivity contribution in [1.82, 2.24) is 5.32 Å². The van der Waals surface area contributed by atoms with Crippen molar-refractivity contribution in [2.75, 3.05) is 13.7 Å². The third kappa shape index (κ3) is 2.67. The molecule has 1 saturated carbocycles. The first-order valence-electron chi connectivity index (χ1n) is 6.04. The van der Waals surface area contributed by atoms with Crippen molar-refractivity contribution in [1.29, 1.82) is 0 Å². The van der Waals surface area contributed by atoms with Crippen molar-refractivity contribution in [2.24, 2.45) is 0 Å². The van der Waals surface area contributed by atoms with E-state index >= 15 is 0 Å². The molecule has 1 aromatic rings. The summed E-state index contributed by atoms with van der Waals surface area (Å²) in [6.45, 7) is 4.41. The van der Waals surface area contributed by atoms with Crippen molar-refractivity contribution in [3.63, 3.8) is 0 Å². The number of carbonyl (C=O) groups excluding carboxylic acids is 1. The van der Waals surface area contributed by atoms with Gasteiger partial charge in [0.1, 0.15) is 5.75 Å². The van der Waals surface area contributed by atoms with Gasteiger partial charge in [0.25, 0.3) is 0 Å². The van der Waals surface area contributed by atoms with Gasteiger partial charge < -0.3 is 10.1 Å². The SMILES string of the molecule is COc1c(C(=O)CNC2CC2)ccc(C)c1C. The number of Topliss-reactive ketones (excluding diaryl/α,β-unsaturated/α-hetero) is 1. The standard InChI is InChI=1S/C14H19NO2/c1-9-4-7-12(14(17-3)10(9)2)13(16)8-15-11-5-6-11/h4,7,11,15H,5-6,8H2,1-3H3. The Labute approximate surface area is 102 Å². The molecule has 1 aliphatic carbocycles. The van der Waals surface area contributed by atoms with Crippen molar-refractivity contribution in [3.8, 4) is 5.75 Å². The molecule has 0 bridgehead atoms. The van der Waals surface area contributed by atoms with Crippen LogP contribution in [0.5, 0.6) is 5.75 Å². The van der Waals surface area contributed by atoms with E-state index < -0.39 is 0 Å². The van der Waals surface area contributed by atoms with Gasteiger partial charge in [-0.15, -0.1) is 0 Å². The highest BCUT2D eigenvalue weighted by molar-refractivity contribution is 6.00. The lowest BCUT2D eigenvalue weighted by atomic mass is 10.0. The van der Waals surface area contributed by atoms with Gasteiger partial charge in [0.15, 0.2) is 5.78 Å². The van der Waals surface area contributed by atoms with Crippen LogP contribution in [0.1, 0.15) is 34.3 Å². The first-order chi connectivity index (χ1) is 8.13. The van der Waals surface area contributed by atoms with E-state index in [9.17, 15) is 4.79 Å². The minimum atomic E-state index is 0.108. The van der Waals surface area contributed by atoms with Crippen LogP contribution in [0, 0.1) is 13.8 Å². The van der Waals surface area contributed by atoms with Crippen molar-refractivity contribution in [3.05, 3.63) is 28.8 Å². The number of hydrogen-bond donors (Lipinski definition) is 1. The summed E-state index contributed by atoms with van der Waals surface area (Å²) in [5, 5.41) is 3.24. The van der Waals surface area contributed by atoms with Crippen LogP contribution in [-0.2, 0) is 0 Å². The lowest BCUT2D eigenvalue weighted by molar-refractivity contribution is 0.0987. The Balaban J connectivity index is 2.17. The monoisotopic (exact) mass is 233 g/mol. The van der Waals surface area contributed by atoms with Gasteiger partial charge in [0.05, 0.1) is 19.2 Å². The number of benzene rings is 1. The second-order valence-electron chi connectivity index (χ2n) is 4.67. The van der Waals surface area contributed by atoms with E-state index in [2.05, 4.69) is 5.32 Å². The number of ether oxygens (including phenoxy) is 1. The molecule has 1 N–H and O–H groups in total. The van der Waals surface area contributed by atoms with Gasteiger partial charge in [0.2, 0.25) is 0 Å². The average Bonchev–Trinajstić information content (AvgIpc) is 3.13.